The van der Waals surface area contributed by atoms with Crippen LogP contribution in [0.15, 0.2) is 0 Å². The number of rotatable bonds is 0. The van der Waals surface area contributed by atoms with E-state index in [2.05, 4.69) is 0 Å². The first kappa shape index (κ1) is 14.7. The van der Waals surface area contributed by atoms with Crippen LogP contribution in [0.25, 0.3) is 0 Å². The van der Waals surface area contributed by atoms with Gasteiger partial charge in [-0.3, -0.25) is 0 Å². The van der Waals surface area contributed by atoms with Gasteiger partial charge in [-0.1, -0.05) is 0 Å². The molecule has 0 aliphatic carbocycles. The van der Waals surface area contributed by atoms with Crippen LogP contribution in [0.2, 0.25) is 0 Å². The van der Waals surface area contributed by atoms with Crippen LogP contribution in [0.5, 0.6) is 0 Å². The standard InChI is InChI=1S/C10H20N2O4/c1-9(2,3)15-7(13)12(11)8(14)16-10(4,5)6/h11H2,1-6H3. The molecule has 0 saturated heterocycles. The summed E-state index contributed by atoms with van der Waals surface area (Å²) in [6.45, 7) is 10.0. The number of nitrogens with zero attached hydrogens (tertiary/aromatic N) is 1. The van der Waals surface area contributed by atoms with Gasteiger partial charge in [-0.2, -0.15) is 0 Å². The Kier molecular flexibility index (Phi) is 4.31. The average Bonchev–Trinajstić information content (AvgIpc) is 1.96. The second-order valence-electron chi connectivity index (χ2n) is 5.33. The van der Waals surface area contributed by atoms with E-state index in [0.717, 1.165) is 0 Å². The molecule has 6 heteroatoms. The highest BCUT2D eigenvalue weighted by Crippen LogP contribution is 2.12. The SMILES string of the molecule is CC(C)(C)OC(=O)N(N)C(=O)OC(C)(C)C. The molecule has 94 valence electrons. The van der Waals surface area contributed by atoms with Crippen molar-refractivity contribution in [1.29, 1.82) is 0 Å². The summed E-state index contributed by atoms with van der Waals surface area (Å²) in [4.78, 5) is 22.7. The molecule has 0 atom stereocenters. The van der Waals surface area contributed by atoms with Gasteiger partial charge in [0, 0.05) is 0 Å². The van der Waals surface area contributed by atoms with E-state index >= 15 is 0 Å². The topological polar surface area (TPSA) is 81.9 Å². The number of nitrogens with two attached hydrogens (primary N) is 1. The van der Waals surface area contributed by atoms with Crippen LogP contribution >= 0.6 is 0 Å². The predicted octanol–water partition coefficient (Wildman–Crippen LogP) is 2.03. The maximum absolute atomic E-state index is 11.4. The Hall–Kier alpha value is -1.30. The van der Waals surface area contributed by atoms with E-state index in [-0.39, 0.29) is 0 Å². The lowest BCUT2D eigenvalue weighted by atomic mass is 10.2. The molecule has 0 aliphatic heterocycles. The van der Waals surface area contributed by atoms with Gasteiger partial charge in [-0.15, -0.1) is 5.01 Å². The summed E-state index contributed by atoms with van der Waals surface area (Å²) in [5.41, 5.74) is -1.42. The molecule has 0 saturated carbocycles. The highest BCUT2D eigenvalue weighted by molar-refractivity contribution is 5.87. The molecule has 0 rings (SSSR count). The van der Waals surface area contributed by atoms with Crippen LogP contribution in [0.4, 0.5) is 9.59 Å². The van der Waals surface area contributed by atoms with Crippen LogP contribution < -0.4 is 5.84 Å². The molecule has 0 unspecified atom stereocenters. The van der Waals surface area contributed by atoms with Gasteiger partial charge >= 0.3 is 12.2 Å². The Morgan fingerprint density at radius 2 is 1.12 bits per heavy atom. The van der Waals surface area contributed by atoms with Crippen molar-refractivity contribution in [1.82, 2.24) is 5.01 Å². The molecule has 0 radical (unpaired) electrons. The third-order valence-electron chi connectivity index (χ3n) is 1.18. The van der Waals surface area contributed by atoms with Crippen molar-refractivity contribution in [2.45, 2.75) is 52.7 Å². The fourth-order valence-corrected chi connectivity index (χ4v) is 0.697. The molecule has 0 aromatic carbocycles. The van der Waals surface area contributed by atoms with Gasteiger partial charge in [0.1, 0.15) is 11.2 Å². The summed E-state index contributed by atoms with van der Waals surface area (Å²) in [6.07, 6.45) is -1.89. The van der Waals surface area contributed by atoms with E-state index in [1.165, 1.54) is 0 Å². The zero-order valence-electron chi connectivity index (χ0n) is 10.7. The zero-order chi connectivity index (χ0) is 13.1. The average molecular weight is 232 g/mol. The molecule has 0 aromatic heterocycles. The Labute approximate surface area is 95.6 Å². The number of carbonyl (C=O) groups is 2. The van der Waals surface area contributed by atoms with Gasteiger partial charge in [0.15, 0.2) is 0 Å². The molecule has 2 N–H and O–H groups in total. The largest absolute Gasteiger partial charge is 0.442 e. The van der Waals surface area contributed by atoms with Crippen molar-refractivity contribution in [3.8, 4) is 0 Å². The predicted molar refractivity (Wildman–Crippen MR) is 58.5 cm³/mol. The maximum atomic E-state index is 11.4. The van der Waals surface area contributed by atoms with Crippen LogP contribution in [0.1, 0.15) is 41.5 Å². The van der Waals surface area contributed by atoms with E-state index in [0.29, 0.717) is 5.01 Å². The van der Waals surface area contributed by atoms with Crippen molar-refractivity contribution in [2.24, 2.45) is 5.84 Å². The maximum Gasteiger partial charge on any atom is 0.434 e. The Balaban J connectivity index is 4.40. The molecule has 16 heavy (non-hydrogen) atoms. The summed E-state index contributed by atoms with van der Waals surface area (Å²) < 4.78 is 9.79. The summed E-state index contributed by atoms with van der Waals surface area (Å²) >= 11 is 0. The number of hydrogen-bond acceptors (Lipinski definition) is 5. The number of hydrazine groups is 1. The lowest BCUT2D eigenvalue weighted by molar-refractivity contribution is 0.00118. The molecule has 2 amide bonds. The van der Waals surface area contributed by atoms with Crippen LogP contribution in [0, 0.1) is 0 Å². The minimum Gasteiger partial charge on any atom is -0.442 e. The lowest BCUT2D eigenvalue weighted by Crippen LogP contribution is -2.47. The fraction of sp³-hybridized carbons (Fsp3) is 0.800. The lowest BCUT2D eigenvalue weighted by Gasteiger charge is -2.25. The first-order valence-corrected chi connectivity index (χ1v) is 4.93. The van der Waals surface area contributed by atoms with Gasteiger partial charge in [0.05, 0.1) is 0 Å². The van der Waals surface area contributed by atoms with Crippen LogP contribution in [-0.4, -0.2) is 28.4 Å². The van der Waals surface area contributed by atoms with Crippen molar-refractivity contribution in [3.05, 3.63) is 0 Å². The third-order valence-corrected chi connectivity index (χ3v) is 1.18. The van der Waals surface area contributed by atoms with Gasteiger partial charge in [0.2, 0.25) is 0 Å². The monoisotopic (exact) mass is 232 g/mol. The van der Waals surface area contributed by atoms with Crippen molar-refractivity contribution < 1.29 is 19.1 Å². The molecule has 6 nitrogen and oxygen atoms in total. The van der Waals surface area contributed by atoms with Crippen molar-refractivity contribution >= 4 is 12.2 Å². The number of hydrogen-bond donors (Lipinski definition) is 1. The van der Waals surface area contributed by atoms with Gasteiger partial charge in [0.25, 0.3) is 0 Å². The molecular formula is C10H20N2O4. The first-order chi connectivity index (χ1) is 6.92. The summed E-state index contributed by atoms with van der Waals surface area (Å²) in [6, 6.07) is 0. The molecule has 0 fully saturated rings. The summed E-state index contributed by atoms with van der Waals surface area (Å²) in [5, 5.41) is 0.316. The number of imide groups is 1. The van der Waals surface area contributed by atoms with E-state index in [1.54, 1.807) is 41.5 Å². The minimum absolute atomic E-state index is 0.316. The second-order valence-corrected chi connectivity index (χ2v) is 5.33. The number of ether oxygens (including phenoxy) is 2. The molecule has 0 aliphatic rings. The normalized spacial score (nSPS) is 11.9. The third kappa shape index (κ3) is 6.23. The van der Waals surface area contributed by atoms with E-state index < -0.39 is 23.4 Å². The second kappa shape index (κ2) is 4.69. The number of amides is 2. The fourth-order valence-electron chi connectivity index (χ4n) is 0.697. The molecule has 0 heterocycles. The zero-order valence-corrected chi connectivity index (χ0v) is 10.7. The Bertz CT molecular complexity index is 248. The Morgan fingerprint density at radius 1 is 0.875 bits per heavy atom. The highest BCUT2D eigenvalue weighted by atomic mass is 16.6. The molecule has 0 bridgehead atoms. The van der Waals surface area contributed by atoms with Crippen molar-refractivity contribution in [2.75, 3.05) is 0 Å². The Morgan fingerprint density at radius 3 is 1.31 bits per heavy atom. The van der Waals surface area contributed by atoms with E-state index in [1.807, 2.05) is 0 Å². The molecular weight excluding hydrogens is 212 g/mol. The van der Waals surface area contributed by atoms with Gasteiger partial charge in [-0.25, -0.2) is 15.4 Å². The van der Waals surface area contributed by atoms with E-state index in [9.17, 15) is 9.59 Å². The van der Waals surface area contributed by atoms with Crippen LogP contribution in [-0.2, 0) is 9.47 Å². The number of carbonyl (C=O) groups excluding carboxylic acids is 2. The quantitative estimate of drug-likeness (QED) is 0.392. The smallest absolute Gasteiger partial charge is 0.434 e. The van der Waals surface area contributed by atoms with Crippen LogP contribution in [0.3, 0.4) is 0 Å². The summed E-state index contributed by atoms with van der Waals surface area (Å²) in [5.74, 6) is 5.26. The first-order valence-electron chi connectivity index (χ1n) is 4.93. The van der Waals surface area contributed by atoms with Gasteiger partial charge < -0.3 is 9.47 Å². The minimum atomic E-state index is -0.943. The van der Waals surface area contributed by atoms with E-state index in [4.69, 9.17) is 15.3 Å². The molecule has 0 aromatic rings. The van der Waals surface area contributed by atoms with Gasteiger partial charge in [-0.05, 0) is 41.5 Å². The summed E-state index contributed by atoms with van der Waals surface area (Å²) in [7, 11) is 0. The van der Waals surface area contributed by atoms with Crippen molar-refractivity contribution in [3.63, 3.8) is 0 Å². The molecule has 0 spiro atoms. The highest BCUT2D eigenvalue weighted by Gasteiger charge is 2.28.